The molecule has 38 heavy (non-hydrogen) atoms. The lowest BCUT2D eigenvalue weighted by Crippen LogP contribution is -2.59. The number of aromatic nitrogens is 3. The van der Waals surface area contributed by atoms with Gasteiger partial charge in [0.15, 0.2) is 0 Å². The van der Waals surface area contributed by atoms with E-state index in [2.05, 4.69) is 35.1 Å². The summed E-state index contributed by atoms with van der Waals surface area (Å²) in [7, 11) is 0. The van der Waals surface area contributed by atoms with Crippen LogP contribution in [0.4, 0.5) is 0 Å². The van der Waals surface area contributed by atoms with Gasteiger partial charge in [-0.1, -0.05) is 26.0 Å². The van der Waals surface area contributed by atoms with Gasteiger partial charge in [-0.05, 0) is 48.3 Å². The highest BCUT2D eigenvalue weighted by Gasteiger charge is 2.57. The number of thiazole rings is 1. The average Bonchev–Trinajstić information content (AvgIpc) is 3.37. The first-order valence-corrected chi connectivity index (χ1v) is 14.2. The third kappa shape index (κ3) is 5.06. The quantitative estimate of drug-likeness (QED) is 0.456. The van der Waals surface area contributed by atoms with Gasteiger partial charge >= 0.3 is 0 Å². The van der Waals surface area contributed by atoms with Crippen LogP contribution < -0.4 is 4.74 Å². The van der Waals surface area contributed by atoms with E-state index >= 15 is 0 Å². The third-order valence-corrected chi connectivity index (χ3v) is 8.88. The molecule has 2 amide bonds. The Labute approximate surface area is 226 Å². The zero-order valence-corrected chi connectivity index (χ0v) is 22.7. The largest absolute Gasteiger partial charge is 0.493 e. The second-order valence-corrected chi connectivity index (χ2v) is 12.6. The summed E-state index contributed by atoms with van der Waals surface area (Å²) in [6, 6.07) is 6.20. The first-order valence-electron chi connectivity index (χ1n) is 13.3. The van der Waals surface area contributed by atoms with Gasteiger partial charge < -0.3 is 19.0 Å². The van der Waals surface area contributed by atoms with Crippen LogP contribution in [0.25, 0.3) is 0 Å². The minimum Gasteiger partial charge on any atom is -0.493 e. The van der Waals surface area contributed by atoms with Crippen molar-refractivity contribution in [3.05, 3.63) is 57.7 Å². The minimum atomic E-state index is -0.256. The number of likely N-dealkylation sites (tertiary alicyclic amines) is 2. The molecule has 200 valence electrons. The molecule has 7 rings (SSSR count). The highest BCUT2D eigenvalue weighted by molar-refractivity contribution is 7.11. The van der Waals surface area contributed by atoms with Crippen molar-refractivity contribution in [2.24, 2.45) is 10.8 Å². The van der Waals surface area contributed by atoms with Gasteiger partial charge in [0.25, 0.3) is 5.91 Å². The molecule has 1 saturated carbocycles. The molecule has 5 heterocycles. The van der Waals surface area contributed by atoms with Crippen LogP contribution in [0.15, 0.2) is 34.3 Å². The van der Waals surface area contributed by atoms with E-state index in [1.807, 2.05) is 17.0 Å². The maximum Gasteiger partial charge on any atom is 0.265 e. The lowest BCUT2D eigenvalue weighted by molar-refractivity contribution is -0.129. The first-order chi connectivity index (χ1) is 18.3. The molecule has 4 aliphatic rings. The molecule has 2 saturated heterocycles. The fraction of sp³-hybridized carbons (Fsp3) is 0.536. The van der Waals surface area contributed by atoms with Crippen LogP contribution in [-0.2, 0) is 17.6 Å². The maximum absolute atomic E-state index is 13.0. The molecule has 2 aromatic heterocycles. The number of ether oxygens (including phenoxy) is 1. The van der Waals surface area contributed by atoms with Crippen molar-refractivity contribution < 1.29 is 18.7 Å². The van der Waals surface area contributed by atoms with Crippen molar-refractivity contribution in [2.75, 3.05) is 32.8 Å². The molecule has 0 N–H and O–H groups in total. The monoisotopic (exact) mass is 535 g/mol. The standard InChI is InChI=1S/C23H23N5O4S.C5H10/c29-14-27-10-23(11-27)12-28(22(30)19-8-24-13-33-19)9-17(23)21-26-25-20(32-21)7-15-3-4-18-16(6-15)2-1-5-31-18;1-5(2)3-4-5/h3-4,6,8,13-14,17H,1-2,5,7,9-12H2;3-4H2,1-2H3. The van der Waals surface area contributed by atoms with Crippen LogP contribution in [0, 0.1) is 10.8 Å². The summed E-state index contributed by atoms with van der Waals surface area (Å²) >= 11 is 1.33. The van der Waals surface area contributed by atoms with Crippen LogP contribution in [0.1, 0.15) is 71.6 Å². The van der Waals surface area contributed by atoms with E-state index < -0.39 is 0 Å². The summed E-state index contributed by atoms with van der Waals surface area (Å²) in [5.74, 6) is 1.90. The fourth-order valence-corrected chi connectivity index (χ4v) is 6.11. The molecule has 3 fully saturated rings. The van der Waals surface area contributed by atoms with Gasteiger partial charge in [0.2, 0.25) is 18.2 Å². The predicted octanol–water partition coefficient (Wildman–Crippen LogP) is 3.95. The minimum absolute atomic E-state index is 0.0417. The summed E-state index contributed by atoms with van der Waals surface area (Å²) < 4.78 is 11.8. The number of fused-ring (bicyclic) bond motifs is 1. The Morgan fingerprint density at radius 3 is 2.74 bits per heavy atom. The number of nitrogens with zero attached hydrogens (tertiary/aromatic N) is 5. The summed E-state index contributed by atoms with van der Waals surface area (Å²) in [4.78, 5) is 32.4. The average molecular weight is 536 g/mol. The second-order valence-electron chi connectivity index (χ2n) is 11.7. The summed E-state index contributed by atoms with van der Waals surface area (Å²) in [6.07, 6.45) is 7.94. The van der Waals surface area contributed by atoms with Gasteiger partial charge in [0.05, 0.1) is 30.7 Å². The number of carbonyl (C=O) groups excluding carboxylic acids is 2. The van der Waals surface area contributed by atoms with E-state index in [0.29, 0.717) is 49.3 Å². The topological polar surface area (TPSA) is 102 Å². The van der Waals surface area contributed by atoms with Gasteiger partial charge in [-0.25, -0.2) is 0 Å². The Kier molecular flexibility index (Phi) is 6.45. The second kappa shape index (κ2) is 9.80. The normalized spacial score (nSPS) is 22.1. The van der Waals surface area contributed by atoms with E-state index in [4.69, 9.17) is 9.15 Å². The number of amides is 2. The number of rotatable bonds is 5. The number of hydrogen-bond acceptors (Lipinski definition) is 8. The molecule has 10 heteroatoms. The maximum atomic E-state index is 13.0. The SMILES string of the molecule is CC1(C)CC1.O=CN1CC2(C1)CN(C(=O)c1cncs1)CC2c1nnc(Cc2ccc3c(c2)CCCO3)o1. The van der Waals surface area contributed by atoms with E-state index in [0.717, 1.165) is 42.6 Å². The van der Waals surface area contributed by atoms with Crippen molar-refractivity contribution in [1.29, 1.82) is 0 Å². The van der Waals surface area contributed by atoms with Crippen molar-refractivity contribution in [2.45, 2.75) is 51.9 Å². The predicted molar refractivity (Wildman–Crippen MR) is 141 cm³/mol. The van der Waals surface area contributed by atoms with Gasteiger partial charge in [0, 0.05) is 31.6 Å². The molecule has 3 aliphatic heterocycles. The zero-order valence-electron chi connectivity index (χ0n) is 21.9. The molecule has 1 aromatic carbocycles. The van der Waals surface area contributed by atoms with Crippen LogP contribution in [0.2, 0.25) is 0 Å². The highest BCUT2D eigenvalue weighted by Crippen LogP contribution is 2.49. The van der Waals surface area contributed by atoms with Crippen molar-refractivity contribution in [3.63, 3.8) is 0 Å². The Hall–Kier alpha value is -3.27. The first kappa shape index (κ1) is 25.0. The van der Waals surface area contributed by atoms with Crippen molar-refractivity contribution >= 4 is 23.7 Å². The summed E-state index contributed by atoms with van der Waals surface area (Å²) in [6.45, 7) is 7.57. The number of hydrogen-bond donors (Lipinski definition) is 0. The van der Waals surface area contributed by atoms with Crippen LogP contribution in [0.5, 0.6) is 5.75 Å². The Balaban J connectivity index is 0.000000476. The fourth-order valence-electron chi connectivity index (χ4n) is 5.53. The molecule has 9 nitrogen and oxygen atoms in total. The molecule has 1 unspecified atom stereocenters. The smallest absolute Gasteiger partial charge is 0.265 e. The van der Waals surface area contributed by atoms with E-state index in [9.17, 15) is 9.59 Å². The third-order valence-electron chi connectivity index (χ3n) is 8.12. The summed E-state index contributed by atoms with van der Waals surface area (Å²) in [5.41, 5.74) is 4.47. The van der Waals surface area contributed by atoms with Gasteiger partial charge in [-0.2, -0.15) is 0 Å². The van der Waals surface area contributed by atoms with Gasteiger partial charge in [-0.3, -0.25) is 14.6 Å². The van der Waals surface area contributed by atoms with Crippen LogP contribution in [0.3, 0.4) is 0 Å². The molecular weight excluding hydrogens is 502 g/mol. The molecule has 1 spiro atoms. The van der Waals surface area contributed by atoms with Gasteiger partial charge in [-0.15, -0.1) is 21.5 Å². The molecule has 0 radical (unpaired) electrons. The lowest BCUT2D eigenvalue weighted by Gasteiger charge is -2.48. The molecule has 3 aromatic rings. The highest BCUT2D eigenvalue weighted by atomic mass is 32.1. The molecular formula is C28H33N5O4S. The van der Waals surface area contributed by atoms with E-state index in [1.54, 1.807) is 16.6 Å². The number of carbonyl (C=O) groups is 2. The van der Waals surface area contributed by atoms with Crippen molar-refractivity contribution in [1.82, 2.24) is 25.0 Å². The number of benzene rings is 1. The Morgan fingerprint density at radius 1 is 1.21 bits per heavy atom. The summed E-state index contributed by atoms with van der Waals surface area (Å²) in [5, 5.41) is 8.68. The molecule has 1 aliphatic carbocycles. The Bertz CT molecular complexity index is 1310. The van der Waals surface area contributed by atoms with Gasteiger partial charge in [0.1, 0.15) is 10.6 Å². The van der Waals surface area contributed by atoms with E-state index in [1.165, 1.54) is 29.7 Å². The number of aryl methyl sites for hydroxylation is 1. The van der Waals surface area contributed by atoms with Crippen LogP contribution in [-0.4, -0.2) is 70.1 Å². The zero-order chi connectivity index (χ0) is 26.3. The lowest BCUT2D eigenvalue weighted by atomic mass is 9.72. The van der Waals surface area contributed by atoms with E-state index in [-0.39, 0.29) is 17.2 Å². The van der Waals surface area contributed by atoms with Crippen molar-refractivity contribution in [3.8, 4) is 5.75 Å². The molecule has 1 atom stereocenters. The Morgan fingerprint density at radius 2 is 2.03 bits per heavy atom. The van der Waals surface area contributed by atoms with Crippen LogP contribution >= 0.6 is 11.3 Å². The molecule has 0 bridgehead atoms.